The smallest absolute Gasteiger partial charge is 0.232 e. The number of anilines is 1. The first-order valence-electron chi connectivity index (χ1n) is 8.31. The van der Waals surface area contributed by atoms with Gasteiger partial charge in [-0.25, -0.2) is 8.42 Å². The van der Waals surface area contributed by atoms with Crippen molar-refractivity contribution in [2.24, 2.45) is 0 Å². The lowest BCUT2D eigenvalue weighted by molar-refractivity contribution is -0.120. The number of carbonyl (C=O) groups excluding carboxylic acids is 1. The summed E-state index contributed by atoms with van der Waals surface area (Å²) in [6.45, 7) is 2.47. The highest BCUT2D eigenvalue weighted by atomic mass is 35.5. The molecule has 0 aromatic heterocycles. The number of nitrogens with one attached hydrogen (secondary N) is 1. The van der Waals surface area contributed by atoms with Crippen LogP contribution >= 0.6 is 11.6 Å². The summed E-state index contributed by atoms with van der Waals surface area (Å²) in [4.78, 5) is 12.1. The van der Waals surface area contributed by atoms with Crippen molar-refractivity contribution in [2.45, 2.75) is 19.8 Å². The van der Waals surface area contributed by atoms with Crippen molar-refractivity contribution in [3.05, 3.63) is 64.7 Å². The summed E-state index contributed by atoms with van der Waals surface area (Å²) >= 11 is 5.93. The van der Waals surface area contributed by atoms with E-state index >= 15 is 0 Å². The molecule has 2 aromatic carbocycles. The highest BCUT2D eigenvalue weighted by molar-refractivity contribution is 7.92. The minimum absolute atomic E-state index is 0.0938. The molecule has 0 aliphatic heterocycles. The lowest BCUT2D eigenvalue weighted by Gasteiger charge is -2.22. The summed E-state index contributed by atoms with van der Waals surface area (Å²) < 4.78 is 25.4. The van der Waals surface area contributed by atoms with E-state index in [1.807, 2.05) is 31.2 Å². The van der Waals surface area contributed by atoms with Crippen molar-refractivity contribution in [3.8, 4) is 0 Å². The van der Waals surface area contributed by atoms with E-state index in [1.165, 1.54) is 4.31 Å². The number of hydrogen-bond acceptors (Lipinski definition) is 3. The Bertz CT molecular complexity index is 869. The van der Waals surface area contributed by atoms with Crippen LogP contribution in [0, 0.1) is 6.92 Å². The molecule has 2 aromatic rings. The lowest BCUT2D eigenvalue weighted by Crippen LogP contribution is -2.35. The van der Waals surface area contributed by atoms with E-state index in [1.54, 1.807) is 24.3 Å². The van der Waals surface area contributed by atoms with Crippen LogP contribution in [0.15, 0.2) is 48.5 Å². The first-order chi connectivity index (χ1) is 12.3. The number of benzene rings is 2. The summed E-state index contributed by atoms with van der Waals surface area (Å²) in [5, 5.41) is 3.48. The first kappa shape index (κ1) is 20.3. The monoisotopic (exact) mass is 394 g/mol. The van der Waals surface area contributed by atoms with Crippen LogP contribution < -0.4 is 9.62 Å². The largest absolute Gasteiger partial charge is 0.356 e. The van der Waals surface area contributed by atoms with E-state index in [0.29, 0.717) is 23.7 Å². The Hall–Kier alpha value is -2.05. The van der Waals surface area contributed by atoms with Crippen molar-refractivity contribution in [2.75, 3.05) is 23.7 Å². The van der Waals surface area contributed by atoms with Crippen molar-refractivity contribution in [1.29, 1.82) is 0 Å². The van der Waals surface area contributed by atoms with Crippen LogP contribution in [0.4, 0.5) is 5.69 Å². The molecule has 0 saturated heterocycles. The van der Waals surface area contributed by atoms with E-state index in [4.69, 9.17) is 11.6 Å². The van der Waals surface area contributed by atoms with Gasteiger partial charge in [0.15, 0.2) is 0 Å². The Morgan fingerprint density at radius 2 is 1.88 bits per heavy atom. The molecule has 7 heteroatoms. The Morgan fingerprint density at radius 1 is 1.15 bits per heavy atom. The van der Waals surface area contributed by atoms with Gasteiger partial charge in [-0.05, 0) is 48.7 Å². The fourth-order valence-corrected chi connectivity index (χ4v) is 3.73. The van der Waals surface area contributed by atoms with Crippen molar-refractivity contribution in [3.63, 3.8) is 0 Å². The first-order valence-corrected chi connectivity index (χ1v) is 10.5. The van der Waals surface area contributed by atoms with Crippen LogP contribution in [0.2, 0.25) is 5.02 Å². The fourth-order valence-electron chi connectivity index (χ4n) is 2.60. The average Bonchev–Trinajstić information content (AvgIpc) is 2.54. The third kappa shape index (κ3) is 6.35. The second-order valence-corrected chi connectivity index (χ2v) is 8.50. The summed E-state index contributed by atoms with van der Waals surface area (Å²) in [6.07, 6.45) is 1.91. The normalized spacial score (nSPS) is 11.2. The molecule has 2 rings (SSSR count). The van der Waals surface area contributed by atoms with Gasteiger partial charge in [0.1, 0.15) is 0 Å². The third-order valence-electron chi connectivity index (χ3n) is 3.86. The number of aryl methyl sites for hydroxylation is 1. The van der Waals surface area contributed by atoms with Crippen LogP contribution in [-0.4, -0.2) is 33.7 Å². The van der Waals surface area contributed by atoms with Crippen molar-refractivity contribution >= 4 is 33.2 Å². The number of sulfonamides is 1. The Balaban J connectivity index is 1.89. The predicted molar refractivity (Wildman–Crippen MR) is 106 cm³/mol. The standard InChI is InChI=1S/C19H23ClN2O3S/c1-15-5-3-8-18(13-15)22(26(2,24)25)12-10-19(23)21-11-9-16-6-4-7-17(20)14-16/h3-8,13-14H,9-12H2,1-2H3,(H,21,23). The van der Waals surface area contributed by atoms with Crippen molar-refractivity contribution < 1.29 is 13.2 Å². The summed E-state index contributed by atoms with van der Waals surface area (Å²) in [6, 6.07) is 14.7. The number of carbonyl (C=O) groups is 1. The van der Waals surface area contributed by atoms with E-state index in [-0.39, 0.29) is 18.9 Å². The van der Waals surface area contributed by atoms with Gasteiger partial charge in [0.05, 0.1) is 11.9 Å². The zero-order chi connectivity index (χ0) is 19.2. The second-order valence-electron chi connectivity index (χ2n) is 6.15. The Kier molecular flexibility index (Phi) is 7.06. The second kappa shape index (κ2) is 9.05. The molecule has 0 aliphatic carbocycles. The SMILES string of the molecule is Cc1cccc(N(CCC(=O)NCCc2cccc(Cl)c2)S(C)(=O)=O)c1. The highest BCUT2D eigenvalue weighted by Gasteiger charge is 2.18. The summed E-state index contributed by atoms with van der Waals surface area (Å²) in [5.74, 6) is -0.187. The molecule has 0 aliphatic rings. The topological polar surface area (TPSA) is 66.5 Å². The van der Waals surface area contributed by atoms with Gasteiger partial charge in [-0.3, -0.25) is 9.10 Å². The molecule has 5 nitrogen and oxygen atoms in total. The van der Waals surface area contributed by atoms with E-state index in [0.717, 1.165) is 17.4 Å². The zero-order valence-corrected chi connectivity index (χ0v) is 16.5. The molecule has 1 amide bonds. The van der Waals surface area contributed by atoms with Gasteiger partial charge in [-0.1, -0.05) is 35.9 Å². The number of hydrogen-bond donors (Lipinski definition) is 1. The Morgan fingerprint density at radius 3 is 2.54 bits per heavy atom. The molecule has 0 bridgehead atoms. The molecule has 0 spiro atoms. The maximum absolute atomic E-state index is 12.1. The third-order valence-corrected chi connectivity index (χ3v) is 5.29. The predicted octanol–water partition coefficient (Wildman–Crippen LogP) is 3.16. The zero-order valence-electron chi connectivity index (χ0n) is 14.9. The molecule has 140 valence electrons. The van der Waals surface area contributed by atoms with Gasteiger partial charge in [0, 0.05) is 24.5 Å². The minimum atomic E-state index is -3.46. The molecular formula is C19H23ClN2O3S. The van der Waals surface area contributed by atoms with Gasteiger partial charge in [0.2, 0.25) is 15.9 Å². The molecule has 26 heavy (non-hydrogen) atoms. The molecule has 0 saturated carbocycles. The lowest BCUT2D eigenvalue weighted by atomic mass is 10.1. The molecular weight excluding hydrogens is 372 g/mol. The molecule has 0 atom stereocenters. The van der Waals surface area contributed by atoms with Crippen molar-refractivity contribution in [1.82, 2.24) is 5.32 Å². The van der Waals surface area contributed by atoms with Crippen LogP contribution in [0.1, 0.15) is 17.5 Å². The van der Waals surface area contributed by atoms with E-state index in [9.17, 15) is 13.2 Å². The van der Waals surface area contributed by atoms with Crippen LogP contribution in [0.25, 0.3) is 0 Å². The Labute approximate surface area is 160 Å². The van der Waals surface area contributed by atoms with Gasteiger partial charge >= 0.3 is 0 Å². The van der Waals surface area contributed by atoms with Crippen LogP contribution in [0.5, 0.6) is 0 Å². The van der Waals surface area contributed by atoms with E-state index < -0.39 is 10.0 Å². The van der Waals surface area contributed by atoms with Gasteiger partial charge in [0.25, 0.3) is 0 Å². The quantitative estimate of drug-likeness (QED) is 0.747. The minimum Gasteiger partial charge on any atom is -0.356 e. The summed E-state index contributed by atoms with van der Waals surface area (Å²) in [5.41, 5.74) is 2.57. The summed E-state index contributed by atoms with van der Waals surface area (Å²) in [7, 11) is -3.46. The maximum atomic E-state index is 12.1. The maximum Gasteiger partial charge on any atom is 0.232 e. The number of nitrogens with zero attached hydrogens (tertiary/aromatic N) is 1. The molecule has 0 radical (unpaired) electrons. The number of halogens is 1. The molecule has 0 heterocycles. The van der Waals surface area contributed by atoms with E-state index in [2.05, 4.69) is 5.32 Å². The van der Waals surface area contributed by atoms with Gasteiger partial charge in [-0.2, -0.15) is 0 Å². The van der Waals surface area contributed by atoms with Crippen LogP contribution in [-0.2, 0) is 21.2 Å². The average molecular weight is 395 g/mol. The highest BCUT2D eigenvalue weighted by Crippen LogP contribution is 2.19. The van der Waals surface area contributed by atoms with Crippen LogP contribution in [0.3, 0.4) is 0 Å². The molecule has 1 N–H and O–H groups in total. The number of amides is 1. The fraction of sp³-hybridized carbons (Fsp3) is 0.316. The molecule has 0 fully saturated rings. The molecule has 0 unspecified atom stereocenters. The van der Waals surface area contributed by atoms with Gasteiger partial charge in [-0.15, -0.1) is 0 Å². The van der Waals surface area contributed by atoms with Gasteiger partial charge < -0.3 is 5.32 Å². The number of rotatable bonds is 8.